The maximum Gasteiger partial charge on any atom is 0.237 e. The molecular weight excluding hydrogens is 326 g/mol. The van der Waals surface area contributed by atoms with Crippen molar-refractivity contribution in [3.8, 4) is 0 Å². The molecule has 1 N–H and O–H groups in total. The quantitative estimate of drug-likeness (QED) is 0.909. The number of hydrogen-bond acceptors (Lipinski definition) is 3. The lowest BCUT2D eigenvalue weighted by molar-refractivity contribution is -0.144. The lowest BCUT2D eigenvalue weighted by atomic mass is 9.93. The van der Waals surface area contributed by atoms with E-state index in [0.717, 1.165) is 12.0 Å². The number of piperazine rings is 2. The third-order valence-electron chi connectivity index (χ3n) is 5.24. The highest BCUT2D eigenvalue weighted by atomic mass is 16.2. The number of benzene rings is 2. The number of nitrogens with zero attached hydrogens (tertiary/aromatic N) is 2. The molecule has 2 saturated heterocycles. The zero-order valence-electron chi connectivity index (χ0n) is 14.7. The summed E-state index contributed by atoms with van der Waals surface area (Å²) in [7, 11) is 0. The van der Waals surface area contributed by atoms with Crippen molar-refractivity contribution in [2.45, 2.75) is 25.0 Å². The summed E-state index contributed by atoms with van der Waals surface area (Å²) < 4.78 is 0. The highest BCUT2D eigenvalue weighted by Gasteiger charge is 2.41. The molecule has 4 rings (SSSR count). The summed E-state index contributed by atoms with van der Waals surface area (Å²) in [6.45, 7) is 1.89. The fraction of sp³-hybridized carbons (Fsp3) is 0.333. The smallest absolute Gasteiger partial charge is 0.237 e. The number of nitrogens with one attached hydrogen (secondary N) is 1. The predicted molar refractivity (Wildman–Crippen MR) is 99.3 cm³/mol. The molecule has 2 amide bonds. The minimum atomic E-state index is 0.00601. The summed E-state index contributed by atoms with van der Waals surface area (Å²) >= 11 is 0. The first-order valence-electron chi connectivity index (χ1n) is 9.08. The molecule has 0 aliphatic carbocycles. The van der Waals surface area contributed by atoms with Crippen LogP contribution in [0.15, 0.2) is 60.7 Å². The lowest BCUT2D eigenvalue weighted by Crippen LogP contribution is -2.68. The summed E-state index contributed by atoms with van der Waals surface area (Å²) in [6, 6.07) is 20.4. The molecule has 0 saturated carbocycles. The van der Waals surface area contributed by atoms with Crippen LogP contribution >= 0.6 is 0 Å². The van der Waals surface area contributed by atoms with Gasteiger partial charge >= 0.3 is 0 Å². The van der Waals surface area contributed by atoms with E-state index >= 15 is 0 Å². The standard InChI is InChI=1S/C21H23N3O2/c25-20-14-23-15-21(26)24(12-17-9-5-2-6-10-17)13-19(23)18(22-20)11-16-7-3-1-4-8-16/h1-10,18-19H,11-15H2,(H,22,25)/t18-,19+/m0/s1. The zero-order valence-corrected chi connectivity index (χ0v) is 14.7. The van der Waals surface area contributed by atoms with E-state index in [2.05, 4.69) is 17.4 Å². The Kier molecular flexibility index (Phi) is 4.71. The molecule has 0 radical (unpaired) electrons. The highest BCUT2D eigenvalue weighted by molar-refractivity contribution is 5.83. The molecule has 0 spiro atoms. The molecule has 2 aromatic carbocycles. The Hall–Kier alpha value is -2.66. The fourth-order valence-electron chi connectivity index (χ4n) is 3.93. The van der Waals surface area contributed by atoms with Gasteiger partial charge in [0.15, 0.2) is 0 Å². The highest BCUT2D eigenvalue weighted by Crippen LogP contribution is 2.21. The maximum absolute atomic E-state index is 12.6. The van der Waals surface area contributed by atoms with Crippen LogP contribution in [0.25, 0.3) is 0 Å². The molecule has 5 nitrogen and oxygen atoms in total. The topological polar surface area (TPSA) is 52.7 Å². The van der Waals surface area contributed by atoms with Crippen LogP contribution in [0.3, 0.4) is 0 Å². The molecule has 2 aliphatic heterocycles. The Balaban J connectivity index is 1.51. The van der Waals surface area contributed by atoms with E-state index in [0.29, 0.717) is 26.2 Å². The largest absolute Gasteiger partial charge is 0.350 e. The van der Waals surface area contributed by atoms with Crippen LogP contribution in [0.2, 0.25) is 0 Å². The number of rotatable bonds is 4. The molecule has 2 heterocycles. The molecule has 2 fully saturated rings. The van der Waals surface area contributed by atoms with Gasteiger partial charge < -0.3 is 10.2 Å². The van der Waals surface area contributed by atoms with Crippen LogP contribution < -0.4 is 5.32 Å². The van der Waals surface area contributed by atoms with Crippen molar-refractivity contribution >= 4 is 11.8 Å². The van der Waals surface area contributed by atoms with E-state index in [1.165, 1.54) is 5.56 Å². The van der Waals surface area contributed by atoms with E-state index in [4.69, 9.17) is 0 Å². The third-order valence-corrected chi connectivity index (χ3v) is 5.24. The van der Waals surface area contributed by atoms with Gasteiger partial charge in [-0.05, 0) is 17.5 Å². The molecule has 134 valence electrons. The Morgan fingerprint density at radius 1 is 0.885 bits per heavy atom. The number of fused-ring (bicyclic) bond motifs is 1. The fourth-order valence-corrected chi connectivity index (χ4v) is 3.93. The van der Waals surface area contributed by atoms with Gasteiger partial charge in [-0.3, -0.25) is 14.5 Å². The molecule has 0 aromatic heterocycles. The van der Waals surface area contributed by atoms with Gasteiger partial charge in [-0.25, -0.2) is 0 Å². The van der Waals surface area contributed by atoms with E-state index in [1.807, 2.05) is 58.3 Å². The van der Waals surface area contributed by atoms with Gasteiger partial charge in [0.05, 0.1) is 19.1 Å². The van der Waals surface area contributed by atoms with Crippen LogP contribution in [0, 0.1) is 0 Å². The number of carbonyl (C=O) groups excluding carboxylic acids is 2. The molecule has 5 heteroatoms. The molecule has 0 unspecified atom stereocenters. The summed E-state index contributed by atoms with van der Waals surface area (Å²) in [5.41, 5.74) is 2.33. The first-order valence-corrected chi connectivity index (χ1v) is 9.08. The second-order valence-corrected chi connectivity index (χ2v) is 7.10. The Morgan fingerprint density at radius 3 is 2.23 bits per heavy atom. The van der Waals surface area contributed by atoms with Crippen molar-refractivity contribution in [2.75, 3.05) is 19.6 Å². The summed E-state index contributed by atoms with van der Waals surface area (Å²) in [6.07, 6.45) is 0.779. The Morgan fingerprint density at radius 2 is 1.54 bits per heavy atom. The van der Waals surface area contributed by atoms with E-state index in [-0.39, 0.29) is 23.9 Å². The average Bonchev–Trinajstić information content (AvgIpc) is 2.64. The molecule has 26 heavy (non-hydrogen) atoms. The number of amides is 2. The van der Waals surface area contributed by atoms with Crippen molar-refractivity contribution in [3.63, 3.8) is 0 Å². The molecule has 2 aromatic rings. The van der Waals surface area contributed by atoms with Gasteiger partial charge in [0.25, 0.3) is 0 Å². The minimum absolute atomic E-state index is 0.00601. The second kappa shape index (κ2) is 7.30. The Labute approximate surface area is 153 Å². The predicted octanol–water partition coefficient (Wildman–Crippen LogP) is 1.44. The molecule has 2 atom stereocenters. The van der Waals surface area contributed by atoms with E-state index in [9.17, 15) is 9.59 Å². The van der Waals surface area contributed by atoms with Crippen LogP contribution in [0.5, 0.6) is 0 Å². The average molecular weight is 349 g/mol. The van der Waals surface area contributed by atoms with Crippen molar-refractivity contribution in [3.05, 3.63) is 71.8 Å². The van der Waals surface area contributed by atoms with Gasteiger partial charge in [0.2, 0.25) is 11.8 Å². The lowest BCUT2D eigenvalue weighted by Gasteiger charge is -2.47. The maximum atomic E-state index is 12.6. The van der Waals surface area contributed by atoms with Crippen LogP contribution in [-0.4, -0.2) is 53.3 Å². The number of carbonyl (C=O) groups is 2. The minimum Gasteiger partial charge on any atom is -0.350 e. The monoisotopic (exact) mass is 349 g/mol. The van der Waals surface area contributed by atoms with Crippen molar-refractivity contribution in [1.82, 2.24) is 15.1 Å². The van der Waals surface area contributed by atoms with Gasteiger partial charge in [0, 0.05) is 19.1 Å². The van der Waals surface area contributed by atoms with Crippen LogP contribution in [0.4, 0.5) is 0 Å². The molecular formula is C21H23N3O2. The van der Waals surface area contributed by atoms with Crippen molar-refractivity contribution in [1.29, 1.82) is 0 Å². The molecule has 2 aliphatic rings. The molecule has 0 bridgehead atoms. The summed E-state index contributed by atoms with van der Waals surface area (Å²) in [4.78, 5) is 28.7. The number of hydrogen-bond donors (Lipinski definition) is 1. The zero-order chi connectivity index (χ0) is 17.9. The third kappa shape index (κ3) is 3.63. The SMILES string of the molecule is O=C1CN2CC(=O)N(Cc3ccccc3)C[C@@H]2[C@H](Cc2ccccc2)N1. The van der Waals surface area contributed by atoms with Crippen LogP contribution in [0.1, 0.15) is 11.1 Å². The summed E-state index contributed by atoms with van der Waals surface area (Å²) in [5.74, 6) is 0.102. The van der Waals surface area contributed by atoms with Crippen molar-refractivity contribution in [2.24, 2.45) is 0 Å². The van der Waals surface area contributed by atoms with Crippen LogP contribution in [-0.2, 0) is 22.6 Å². The van der Waals surface area contributed by atoms with Gasteiger partial charge in [-0.1, -0.05) is 60.7 Å². The first-order chi connectivity index (χ1) is 12.7. The Bertz CT molecular complexity index is 778. The van der Waals surface area contributed by atoms with E-state index in [1.54, 1.807) is 0 Å². The van der Waals surface area contributed by atoms with Gasteiger partial charge in [-0.15, -0.1) is 0 Å². The first kappa shape index (κ1) is 16.8. The van der Waals surface area contributed by atoms with Gasteiger partial charge in [0.1, 0.15) is 0 Å². The summed E-state index contributed by atoms with van der Waals surface area (Å²) in [5, 5.41) is 3.14. The normalized spacial score (nSPS) is 23.5. The second-order valence-electron chi connectivity index (χ2n) is 7.10. The van der Waals surface area contributed by atoms with Crippen molar-refractivity contribution < 1.29 is 9.59 Å². The van der Waals surface area contributed by atoms with E-state index < -0.39 is 0 Å². The van der Waals surface area contributed by atoms with Gasteiger partial charge in [-0.2, -0.15) is 0 Å².